The van der Waals surface area contributed by atoms with Gasteiger partial charge in [-0.3, -0.25) is 4.79 Å². The lowest BCUT2D eigenvalue weighted by molar-refractivity contribution is 0.0954. The van der Waals surface area contributed by atoms with E-state index in [4.69, 9.17) is 0 Å². The molecule has 0 spiro atoms. The fourth-order valence-electron chi connectivity index (χ4n) is 2.54. The average Bonchev–Trinajstić information content (AvgIpc) is 3.12. The van der Waals surface area contributed by atoms with Crippen molar-refractivity contribution in [1.29, 1.82) is 0 Å². The van der Waals surface area contributed by atoms with Crippen molar-refractivity contribution < 1.29 is 4.79 Å². The van der Waals surface area contributed by atoms with Crippen molar-refractivity contribution in [3.63, 3.8) is 0 Å². The molecule has 3 aromatic rings. The zero-order valence-electron chi connectivity index (χ0n) is 14.0. The van der Waals surface area contributed by atoms with E-state index in [1.165, 1.54) is 11.1 Å². The minimum absolute atomic E-state index is 0.0220. The quantitative estimate of drug-likeness (QED) is 0.783. The van der Waals surface area contributed by atoms with Gasteiger partial charge in [0.25, 0.3) is 5.91 Å². The van der Waals surface area contributed by atoms with Crippen molar-refractivity contribution in [2.24, 2.45) is 0 Å². The smallest absolute Gasteiger partial charge is 0.251 e. The molecule has 1 aromatic heterocycles. The predicted octanol–water partition coefficient (Wildman–Crippen LogP) is 3.46. The van der Waals surface area contributed by atoms with E-state index in [9.17, 15) is 4.79 Å². The van der Waals surface area contributed by atoms with Crippen LogP contribution in [0.25, 0.3) is 5.69 Å². The summed E-state index contributed by atoms with van der Waals surface area (Å²) < 4.78 is 1.82. The SMILES string of the molecule is Cc1ccc(C(=O)NCCc2ccc(-n3cccn3)cc2)cc1C. The topological polar surface area (TPSA) is 46.9 Å². The number of aromatic nitrogens is 2. The minimum Gasteiger partial charge on any atom is -0.352 e. The number of aryl methyl sites for hydroxylation is 2. The summed E-state index contributed by atoms with van der Waals surface area (Å²) in [5.74, 6) is -0.0220. The molecular formula is C20H21N3O. The summed E-state index contributed by atoms with van der Waals surface area (Å²) in [4.78, 5) is 12.2. The highest BCUT2D eigenvalue weighted by atomic mass is 16.1. The van der Waals surface area contributed by atoms with Crippen LogP contribution in [-0.2, 0) is 6.42 Å². The van der Waals surface area contributed by atoms with Gasteiger partial charge in [0.05, 0.1) is 5.69 Å². The van der Waals surface area contributed by atoms with Crippen LogP contribution in [-0.4, -0.2) is 22.2 Å². The Morgan fingerprint density at radius 3 is 2.54 bits per heavy atom. The lowest BCUT2D eigenvalue weighted by Crippen LogP contribution is -2.25. The molecule has 0 radical (unpaired) electrons. The molecule has 3 rings (SSSR count). The Kier molecular flexibility index (Phi) is 4.75. The van der Waals surface area contributed by atoms with E-state index in [0.29, 0.717) is 12.1 Å². The largest absolute Gasteiger partial charge is 0.352 e. The van der Waals surface area contributed by atoms with E-state index in [1.54, 1.807) is 6.20 Å². The third-order valence-corrected chi connectivity index (χ3v) is 4.17. The summed E-state index contributed by atoms with van der Waals surface area (Å²) in [6, 6.07) is 15.9. The van der Waals surface area contributed by atoms with E-state index in [2.05, 4.69) is 22.5 Å². The van der Waals surface area contributed by atoms with Crippen LogP contribution in [0, 0.1) is 13.8 Å². The number of carbonyl (C=O) groups excluding carboxylic acids is 1. The lowest BCUT2D eigenvalue weighted by atomic mass is 10.1. The van der Waals surface area contributed by atoms with Crippen LogP contribution in [0.2, 0.25) is 0 Å². The summed E-state index contributed by atoms with van der Waals surface area (Å²) >= 11 is 0. The number of amides is 1. The molecule has 1 N–H and O–H groups in total. The number of nitrogens with zero attached hydrogens (tertiary/aromatic N) is 2. The van der Waals surface area contributed by atoms with E-state index in [0.717, 1.165) is 17.7 Å². The minimum atomic E-state index is -0.0220. The number of hydrogen-bond acceptors (Lipinski definition) is 2. The van der Waals surface area contributed by atoms with Crippen molar-refractivity contribution in [2.75, 3.05) is 6.54 Å². The first-order valence-electron chi connectivity index (χ1n) is 8.08. The van der Waals surface area contributed by atoms with Crippen LogP contribution >= 0.6 is 0 Å². The Bertz CT molecular complexity index is 821. The van der Waals surface area contributed by atoms with Crippen LogP contribution in [0.5, 0.6) is 0 Å². The normalized spacial score (nSPS) is 10.6. The maximum atomic E-state index is 12.2. The number of rotatable bonds is 5. The van der Waals surface area contributed by atoms with Gasteiger partial charge in [-0.1, -0.05) is 18.2 Å². The van der Waals surface area contributed by atoms with E-state index >= 15 is 0 Å². The van der Waals surface area contributed by atoms with Gasteiger partial charge in [0.1, 0.15) is 0 Å². The number of hydrogen-bond donors (Lipinski definition) is 1. The molecule has 0 unspecified atom stereocenters. The monoisotopic (exact) mass is 319 g/mol. The van der Waals surface area contributed by atoms with Gasteiger partial charge < -0.3 is 5.32 Å². The second-order valence-electron chi connectivity index (χ2n) is 5.92. The van der Waals surface area contributed by atoms with Gasteiger partial charge in [0.15, 0.2) is 0 Å². The Balaban J connectivity index is 1.54. The van der Waals surface area contributed by atoms with Crippen LogP contribution < -0.4 is 5.32 Å². The molecule has 0 aliphatic rings. The maximum Gasteiger partial charge on any atom is 0.251 e. The zero-order valence-corrected chi connectivity index (χ0v) is 14.0. The highest BCUT2D eigenvalue weighted by Gasteiger charge is 2.06. The zero-order chi connectivity index (χ0) is 16.9. The third-order valence-electron chi connectivity index (χ3n) is 4.17. The van der Waals surface area contributed by atoms with Crippen molar-refractivity contribution in [1.82, 2.24) is 15.1 Å². The molecule has 122 valence electrons. The van der Waals surface area contributed by atoms with Crippen molar-refractivity contribution in [3.05, 3.63) is 83.2 Å². The van der Waals surface area contributed by atoms with Crippen LogP contribution in [0.1, 0.15) is 27.0 Å². The molecule has 0 aliphatic heterocycles. The predicted molar refractivity (Wildman–Crippen MR) is 95.5 cm³/mol. The molecule has 0 saturated carbocycles. The Morgan fingerprint density at radius 2 is 1.88 bits per heavy atom. The fourth-order valence-corrected chi connectivity index (χ4v) is 2.54. The second-order valence-corrected chi connectivity index (χ2v) is 5.92. The molecule has 0 bridgehead atoms. The maximum absolute atomic E-state index is 12.2. The first-order valence-corrected chi connectivity index (χ1v) is 8.08. The molecule has 24 heavy (non-hydrogen) atoms. The van der Waals surface area contributed by atoms with Crippen molar-refractivity contribution in [3.8, 4) is 5.69 Å². The van der Waals surface area contributed by atoms with Gasteiger partial charge >= 0.3 is 0 Å². The lowest BCUT2D eigenvalue weighted by Gasteiger charge is -2.08. The summed E-state index contributed by atoms with van der Waals surface area (Å²) in [6.07, 6.45) is 4.48. The first kappa shape index (κ1) is 16.0. The van der Waals surface area contributed by atoms with Crippen molar-refractivity contribution in [2.45, 2.75) is 20.3 Å². The molecule has 0 aliphatic carbocycles. The summed E-state index contributed by atoms with van der Waals surface area (Å²) in [5, 5.41) is 7.19. The molecule has 4 heteroatoms. The van der Waals surface area contributed by atoms with Gasteiger partial charge in [-0.05, 0) is 67.3 Å². The van der Waals surface area contributed by atoms with Crippen LogP contribution in [0.3, 0.4) is 0 Å². The Morgan fingerprint density at radius 1 is 1.08 bits per heavy atom. The summed E-state index contributed by atoms with van der Waals surface area (Å²) in [6.45, 7) is 4.68. The Hall–Kier alpha value is -2.88. The Labute approximate surface area is 142 Å². The van der Waals surface area contributed by atoms with E-state index in [-0.39, 0.29) is 5.91 Å². The molecule has 4 nitrogen and oxygen atoms in total. The summed E-state index contributed by atoms with van der Waals surface area (Å²) in [7, 11) is 0. The molecule has 0 atom stereocenters. The molecule has 1 heterocycles. The molecule has 0 fully saturated rings. The molecule has 1 amide bonds. The first-order chi connectivity index (χ1) is 11.6. The number of carbonyl (C=O) groups is 1. The molecule has 2 aromatic carbocycles. The number of benzene rings is 2. The van der Waals surface area contributed by atoms with Crippen LogP contribution in [0.15, 0.2) is 60.9 Å². The van der Waals surface area contributed by atoms with Gasteiger partial charge in [-0.25, -0.2) is 4.68 Å². The highest BCUT2D eigenvalue weighted by Crippen LogP contribution is 2.11. The fraction of sp³-hybridized carbons (Fsp3) is 0.200. The van der Waals surface area contributed by atoms with Gasteiger partial charge in [0.2, 0.25) is 0 Å². The molecular weight excluding hydrogens is 298 g/mol. The third kappa shape index (κ3) is 3.71. The van der Waals surface area contributed by atoms with Crippen molar-refractivity contribution >= 4 is 5.91 Å². The van der Waals surface area contributed by atoms with E-state index < -0.39 is 0 Å². The standard InChI is InChI=1S/C20H21N3O/c1-15-4-7-18(14-16(15)2)20(24)21-12-10-17-5-8-19(9-6-17)23-13-3-11-22-23/h3-9,11,13-14H,10,12H2,1-2H3,(H,21,24). The second kappa shape index (κ2) is 7.13. The average molecular weight is 319 g/mol. The van der Waals surface area contributed by atoms with Gasteiger partial charge in [-0.2, -0.15) is 5.10 Å². The summed E-state index contributed by atoms with van der Waals surface area (Å²) in [5.41, 5.74) is 5.27. The number of nitrogens with one attached hydrogen (secondary N) is 1. The van der Waals surface area contributed by atoms with Crippen LogP contribution in [0.4, 0.5) is 0 Å². The van der Waals surface area contributed by atoms with Gasteiger partial charge in [0, 0.05) is 24.5 Å². The van der Waals surface area contributed by atoms with E-state index in [1.807, 2.05) is 61.1 Å². The molecule has 0 saturated heterocycles. The van der Waals surface area contributed by atoms with Gasteiger partial charge in [-0.15, -0.1) is 0 Å². The highest BCUT2D eigenvalue weighted by molar-refractivity contribution is 5.94.